The lowest BCUT2D eigenvalue weighted by molar-refractivity contribution is -0.139. The molecule has 0 spiro atoms. The summed E-state index contributed by atoms with van der Waals surface area (Å²) in [6, 6.07) is 7.12. The first-order chi connectivity index (χ1) is 10.6. The molecular formula is C17H23NO4. The first kappa shape index (κ1) is 16.3. The predicted octanol–water partition coefficient (Wildman–Crippen LogP) is 2.74. The molecule has 5 nitrogen and oxygen atoms in total. The molecule has 22 heavy (non-hydrogen) atoms. The lowest BCUT2D eigenvalue weighted by Gasteiger charge is -2.10. The number of rotatable bonds is 8. The Labute approximate surface area is 130 Å². The lowest BCUT2D eigenvalue weighted by atomic mass is 10.0. The first-order valence-corrected chi connectivity index (χ1v) is 7.83. The number of nitrogens with one attached hydrogen (secondary N) is 1. The predicted molar refractivity (Wildman–Crippen MR) is 82.6 cm³/mol. The van der Waals surface area contributed by atoms with Crippen LogP contribution in [-0.4, -0.2) is 23.6 Å². The molecule has 0 atom stereocenters. The van der Waals surface area contributed by atoms with Crippen molar-refractivity contribution in [3.05, 3.63) is 29.8 Å². The number of carboxylic acids is 1. The van der Waals surface area contributed by atoms with E-state index in [-0.39, 0.29) is 12.5 Å². The number of amides is 1. The van der Waals surface area contributed by atoms with Gasteiger partial charge < -0.3 is 15.2 Å². The van der Waals surface area contributed by atoms with Gasteiger partial charge in [-0.3, -0.25) is 4.79 Å². The van der Waals surface area contributed by atoms with Crippen molar-refractivity contribution in [3.63, 3.8) is 0 Å². The smallest absolute Gasteiger partial charge is 0.341 e. The van der Waals surface area contributed by atoms with E-state index in [0.717, 1.165) is 17.9 Å². The van der Waals surface area contributed by atoms with Gasteiger partial charge in [-0.15, -0.1) is 0 Å². The summed E-state index contributed by atoms with van der Waals surface area (Å²) in [6.07, 6.45) is 6.69. The molecule has 1 aromatic carbocycles. The van der Waals surface area contributed by atoms with Crippen LogP contribution in [0, 0.1) is 5.92 Å². The summed E-state index contributed by atoms with van der Waals surface area (Å²) in [6.45, 7) is 0.0744. The van der Waals surface area contributed by atoms with Gasteiger partial charge in [-0.25, -0.2) is 4.79 Å². The maximum atomic E-state index is 11.9. The zero-order chi connectivity index (χ0) is 15.8. The number of carbonyl (C=O) groups excluding carboxylic acids is 1. The van der Waals surface area contributed by atoms with Crippen molar-refractivity contribution in [2.45, 2.75) is 45.1 Å². The van der Waals surface area contributed by atoms with Gasteiger partial charge in [0.25, 0.3) is 0 Å². The number of ether oxygens (including phenoxy) is 1. The number of hydrogen-bond acceptors (Lipinski definition) is 3. The Bertz CT molecular complexity index is 509. The van der Waals surface area contributed by atoms with Gasteiger partial charge in [-0.2, -0.15) is 0 Å². The van der Waals surface area contributed by atoms with E-state index in [1.807, 2.05) is 6.07 Å². The topological polar surface area (TPSA) is 75.6 Å². The van der Waals surface area contributed by atoms with Gasteiger partial charge in [-0.05, 0) is 30.0 Å². The monoisotopic (exact) mass is 305 g/mol. The van der Waals surface area contributed by atoms with Crippen molar-refractivity contribution in [2.24, 2.45) is 5.92 Å². The Morgan fingerprint density at radius 2 is 2.05 bits per heavy atom. The molecule has 5 heteroatoms. The summed E-state index contributed by atoms with van der Waals surface area (Å²) in [4.78, 5) is 22.3. The summed E-state index contributed by atoms with van der Waals surface area (Å²) >= 11 is 0. The zero-order valence-electron chi connectivity index (χ0n) is 12.7. The van der Waals surface area contributed by atoms with E-state index < -0.39 is 5.97 Å². The van der Waals surface area contributed by atoms with Crippen molar-refractivity contribution in [3.8, 4) is 5.75 Å². The molecule has 1 aliphatic rings. The highest BCUT2D eigenvalue weighted by molar-refractivity contribution is 5.75. The Morgan fingerprint density at radius 3 is 2.77 bits per heavy atom. The van der Waals surface area contributed by atoms with Crippen LogP contribution in [0.25, 0.3) is 0 Å². The average Bonchev–Trinajstić information content (AvgIpc) is 3.03. The standard InChI is InChI=1S/C17H23NO4/c19-16(9-8-13-4-1-2-5-13)18-11-14-6-3-7-15(10-14)22-12-17(20)21/h3,6-7,10,13H,1-2,4-5,8-9,11-12H2,(H,18,19)(H,20,21). The third-order valence-electron chi connectivity index (χ3n) is 4.00. The Kier molecular flexibility index (Phi) is 6.25. The van der Waals surface area contributed by atoms with Gasteiger partial charge in [0, 0.05) is 13.0 Å². The highest BCUT2D eigenvalue weighted by atomic mass is 16.5. The van der Waals surface area contributed by atoms with Gasteiger partial charge in [0.15, 0.2) is 6.61 Å². The van der Waals surface area contributed by atoms with Crippen molar-refractivity contribution in [2.75, 3.05) is 6.61 Å². The van der Waals surface area contributed by atoms with Crippen molar-refractivity contribution >= 4 is 11.9 Å². The molecule has 2 rings (SSSR count). The summed E-state index contributed by atoms with van der Waals surface area (Å²) in [5.41, 5.74) is 0.900. The second-order valence-corrected chi connectivity index (χ2v) is 5.80. The Balaban J connectivity index is 1.72. The second kappa shape index (κ2) is 8.41. The molecule has 0 aliphatic heterocycles. The van der Waals surface area contributed by atoms with Crippen LogP contribution in [0.15, 0.2) is 24.3 Å². The Morgan fingerprint density at radius 1 is 1.27 bits per heavy atom. The third-order valence-corrected chi connectivity index (χ3v) is 4.00. The number of carboxylic acid groups (broad SMARTS) is 1. The van der Waals surface area contributed by atoms with Crippen molar-refractivity contribution < 1.29 is 19.4 Å². The fourth-order valence-electron chi connectivity index (χ4n) is 2.81. The van der Waals surface area contributed by atoms with Crippen molar-refractivity contribution in [1.82, 2.24) is 5.32 Å². The van der Waals surface area contributed by atoms with Gasteiger partial charge >= 0.3 is 5.97 Å². The van der Waals surface area contributed by atoms with E-state index in [4.69, 9.17) is 9.84 Å². The molecular weight excluding hydrogens is 282 g/mol. The van der Waals surface area contributed by atoms with Crippen LogP contribution in [0.1, 0.15) is 44.1 Å². The maximum absolute atomic E-state index is 11.9. The molecule has 1 aliphatic carbocycles. The third kappa shape index (κ3) is 5.76. The number of hydrogen-bond donors (Lipinski definition) is 2. The lowest BCUT2D eigenvalue weighted by Crippen LogP contribution is -2.23. The minimum Gasteiger partial charge on any atom is -0.482 e. The number of carbonyl (C=O) groups is 2. The zero-order valence-corrected chi connectivity index (χ0v) is 12.7. The van der Waals surface area contributed by atoms with Crippen LogP contribution in [-0.2, 0) is 16.1 Å². The quantitative estimate of drug-likeness (QED) is 0.774. The van der Waals surface area contributed by atoms with Gasteiger partial charge in [0.1, 0.15) is 5.75 Å². The van der Waals surface area contributed by atoms with Crippen LogP contribution in [0.3, 0.4) is 0 Å². The molecule has 0 heterocycles. The molecule has 0 bridgehead atoms. The fraction of sp³-hybridized carbons (Fsp3) is 0.529. The fourth-order valence-corrected chi connectivity index (χ4v) is 2.81. The van der Waals surface area contributed by atoms with Crippen molar-refractivity contribution in [1.29, 1.82) is 0 Å². The minimum atomic E-state index is -1.01. The molecule has 120 valence electrons. The van der Waals surface area contributed by atoms with Crippen LogP contribution >= 0.6 is 0 Å². The highest BCUT2D eigenvalue weighted by Crippen LogP contribution is 2.28. The van der Waals surface area contributed by atoms with Gasteiger partial charge in [-0.1, -0.05) is 37.8 Å². The normalized spacial score (nSPS) is 14.7. The van der Waals surface area contributed by atoms with Gasteiger partial charge in [0.05, 0.1) is 0 Å². The largest absolute Gasteiger partial charge is 0.482 e. The molecule has 0 saturated heterocycles. The summed E-state index contributed by atoms with van der Waals surface area (Å²) in [7, 11) is 0. The van der Waals surface area contributed by atoms with Gasteiger partial charge in [0.2, 0.25) is 5.91 Å². The molecule has 0 aromatic heterocycles. The molecule has 1 fully saturated rings. The maximum Gasteiger partial charge on any atom is 0.341 e. The molecule has 0 radical (unpaired) electrons. The van der Waals surface area contributed by atoms with E-state index in [1.54, 1.807) is 18.2 Å². The highest BCUT2D eigenvalue weighted by Gasteiger charge is 2.15. The average molecular weight is 305 g/mol. The minimum absolute atomic E-state index is 0.0729. The molecule has 0 unspecified atom stereocenters. The van der Waals surface area contributed by atoms with Crippen LogP contribution in [0.2, 0.25) is 0 Å². The first-order valence-electron chi connectivity index (χ1n) is 7.83. The van der Waals surface area contributed by atoms with E-state index in [2.05, 4.69) is 5.32 Å². The number of benzene rings is 1. The van der Waals surface area contributed by atoms with E-state index in [0.29, 0.717) is 18.7 Å². The van der Waals surface area contributed by atoms with E-state index >= 15 is 0 Å². The van der Waals surface area contributed by atoms with E-state index in [9.17, 15) is 9.59 Å². The summed E-state index contributed by atoms with van der Waals surface area (Å²) in [5, 5.41) is 11.5. The summed E-state index contributed by atoms with van der Waals surface area (Å²) in [5.74, 6) is 0.285. The Hall–Kier alpha value is -2.04. The molecule has 1 aromatic rings. The number of aliphatic carboxylic acids is 1. The molecule has 1 saturated carbocycles. The van der Waals surface area contributed by atoms with Crippen LogP contribution in [0.4, 0.5) is 0 Å². The SMILES string of the molecule is O=C(O)COc1cccc(CNC(=O)CCC2CCCC2)c1. The van der Waals surface area contributed by atoms with Crippen LogP contribution < -0.4 is 10.1 Å². The van der Waals surface area contributed by atoms with E-state index in [1.165, 1.54) is 25.7 Å². The summed E-state index contributed by atoms with van der Waals surface area (Å²) < 4.78 is 5.12. The second-order valence-electron chi connectivity index (χ2n) is 5.80. The molecule has 2 N–H and O–H groups in total. The molecule has 1 amide bonds. The van der Waals surface area contributed by atoms with Crippen LogP contribution in [0.5, 0.6) is 5.75 Å².